The Bertz CT molecular complexity index is 567. The molecule has 4 nitrogen and oxygen atoms in total. The molecule has 1 amide bonds. The number of ketones is 1. The van der Waals surface area contributed by atoms with Crippen molar-refractivity contribution in [2.75, 3.05) is 20.2 Å². The molecule has 1 saturated carbocycles. The number of carbonyl (C=O) groups excluding carboxylic acids is 2. The van der Waals surface area contributed by atoms with Crippen molar-refractivity contribution in [2.45, 2.75) is 44.9 Å². The molecule has 1 aromatic carbocycles. The lowest BCUT2D eigenvalue weighted by Gasteiger charge is -2.32. The van der Waals surface area contributed by atoms with Gasteiger partial charge >= 0.3 is 0 Å². The first-order valence-corrected chi connectivity index (χ1v) is 9.13. The van der Waals surface area contributed by atoms with Gasteiger partial charge in [0.25, 0.3) is 0 Å². The van der Waals surface area contributed by atoms with Crippen LogP contribution in [0.15, 0.2) is 24.3 Å². The highest BCUT2D eigenvalue weighted by Crippen LogP contribution is 2.29. The number of likely N-dealkylation sites (tertiary alicyclic amines) is 1. The van der Waals surface area contributed by atoms with Crippen LogP contribution in [0, 0.1) is 11.8 Å². The third-order valence-electron chi connectivity index (χ3n) is 5.53. The van der Waals surface area contributed by atoms with Gasteiger partial charge in [-0.2, -0.15) is 0 Å². The van der Waals surface area contributed by atoms with Crippen LogP contribution in [0.25, 0.3) is 0 Å². The van der Waals surface area contributed by atoms with Gasteiger partial charge in [0, 0.05) is 31.0 Å². The minimum atomic E-state index is 0.0360. The molecule has 1 aromatic rings. The monoisotopic (exact) mass is 329 g/mol. The fourth-order valence-corrected chi connectivity index (χ4v) is 3.97. The summed E-state index contributed by atoms with van der Waals surface area (Å²) in [6.45, 7) is 1.44. The Morgan fingerprint density at radius 1 is 1.04 bits per heavy atom. The Morgan fingerprint density at radius 2 is 1.67 bits per heavy atom. The quantitative estimate of drug-likeness (QED) is 0.774. The van der Waals surface area contributed by atoms with Gasteiger partial charge in [-0.15, -0.1) is 0 Å². The van der Waals surface area contributed by atoms with Crippen LogP contribution < -0.4 is 4.74 Å². The molecule has 4 heteroatoms. The topological polar surface area (TPSA) is 46.6 Å². The average Bonchev–Trinajstić information content (AvgIpc) is 3.14. The van der Waals surface area contributed by atoms with E-state index in [4.69, 9.17) is 4.74 Å². The van der Waals surface area contributed by atoms with E-state index < -0.39 is 0 Å². The highest BCUT2D eigenvalue weighted by atomic mass is 16.5. The minimum Gasteiger partial charge on any atom is -0.497 e. The molecule has 1 saturated heterocycles. The highest BCUT2D eigenvalue weighted by molar-refractivity contribution is 5.98. The molecule has 0 spiro atoms. The number of piperidine rings is 1. The fourth-order valence-electron chi connectivity index (χ4n) is 3.97. The van der Waals surface area contributed by atoms with Gasteiger partial charge in [-0.05, 0) is 55.9 Å². The van der Waals surface area contributed by atoms with Crippen molar-refractivity contribution in [2.24, 2.45) is 11.8 Å². The van der Waals surface area contributed by atoms with Gasteiger partial charge in [0.05, 0.1) is 7.11 Å². The summed E-state index contributed by atoms with van der Waals surface area (Å²) in [6, 6.07) is 7.32. The zero-order valence-electron chi connectivity index (χ0n) is 14.5. The van der Waals surface area contributed by atoms with E-state index in [1.165, 1.54) is 25.7 Å². The first-order valence-electron chi connectivity index (χ1n) is 9.13. The van der Waals surface area contributed by atoms with E-state index in [9.17, 15) is 9.59 Å². The van der Waals surface area contributed by atoms with Crippen LogP contribution in [0.1, 0.15) is 55.3 Å². The van der Waals surface area contributed by atoms with E-state index in [1.54, 1.807) is 7.11 Å². The average molecular weight is 329 g/mol. The second-order valence-corrected chi connectivity index (χ2v) is 7.10. The van der Waals surface area contributed by atoms with Crippen molar-refractivity contribution in [3.63, 3.8) is 0 Å². The molecular weight excluding hydrogens is 302 g/mol. The van der Waals surface area contributed by atoms with Crippen molar-refractivity contribution in [1.82, 2.24) is 4.90 Å². The van der Waals surface area contributed by atoms with Gasteiger partial charge in [0.2, 0.25) is 5.91 Å². The number of carbonyl (C=O) groups is 2. The number of rotatable bonds is 5. The van der Waals surface area contributed by atoms with Crippen LogP contribution in [-0.2, 0) is 4.79 Å². The second-order valence-electron chi connectivity index (χ2n) is 7.10. The van der Waals surface area contributed by atoms with E-state index in [2.05, 4.69) is 0 Å². The summed E-state index contributed by atoms with van der Waals surface area (Å²) >= 11 is 0. The van der Waals surface area contributed by atoms with Crippen molar-refractivity contribution in [3.8, 4) is 5.75 Å². The standard InChI is InChI=1S/C20H27NO3/c1-24-18-8-6-16(7-9-18)20(23)17-10-12-21(13-11-17)19(22)14-15-4-2-3-5-15/h6-9,15,17H,2-5,10-14H2,1H3. The summed E-state index contributed by atoms with van der Waals surface area (Å²) < 4.78 is 5.13. The molecular formula is C20H27NO3. The van der Waals surface area contributed by atoms with Gasteiger partial charge < -0.3 is 9.64 Å². The summed E-state index contributed by atoms with van der Waals surface area (Å²) in [4.78, 5) is 27.0. The predicted molar refractivity (Wildman–Crippen MR) is 93.2 cm³/mol. The van der Waals surface area contributed by atoms with Gasteiger partial charge in [0.15, 0.2) is 5.78 Å². The molecule has 0 N–H and O–H groups in total. The third kappa shape index (κ3) is 3.97. The van der Waals surface area contributed by atoms with E-state index in [0.717, 1.165) is 37.2 Å². The van der Waals surface area contributed by atoms with Crippen molar-refractivity contribution in [1.29, 1.82) is 0 Å². The number of hydrogen-bond donors (Lipinski definition) is 0. The zero-order valence-corrected chi connectivity index (χ0v) is 14.5. The van der Waals surface area contributed by atoms with Crippen LogP contribution in [0.3, 0.4) is 0 Å². The number of methoxy groups -OCH3 is 1. The summed E-state index contributed by atoms with van der Waals surface area (Å²) in [5.41, 5.74) is 0.742. The lowest BCUT2D eigenvalue weighted by Crippen LogP contribution is -2.40. The molecule has 2 fully saturated rings. The van der Waals surface area contributed by atoms with Crippen LogP contribution >= 0.6 is 0 Å². The minimum absolute atomic E-state index is 0.0360. The summed E-state index contributed by atoms with van der Waals surface area (Å²) in [5.74, 6) is 1.88. The molecule has 1 aliphatic carbocycles. The number of benzene rings is 1. The Labute approximate surface area is 144 Å². The van der Waals surface area contributed by atoms with Crippen molar-refractivity contribution in [3.05, 3.63) is 29.8 Å². The molecule has 0 atom stereocenters. The first kappa shape index (κ1) is 17.0. The van der Waals surface area contributed by atoms with Gasteiger partial charge in [0.1, 0.15) is 5.75 Å². The molecule has 0 bridgehead atoms. The lowest BCUT2D eigenvalue weighted by molar-refractivity contribution is -0.133. The third-order valence-corrected chi connectivity index (χ3v) is 5.53. The molecule has 24 heavy (non-hydrogen) atoms. The maximum Gasteiger partial charge on any atom is 0.222 e. The SMILES string of the molecule is COc1ccc(C(=O)C2CCN(C(=O)CC3CCCC3)CC2)cc1. The van der Waals surface area contributed by atoms with E-state index in [1.807, 2.05) is 29.2 Å². The number of hydrogen-bond acceptors (Lipinski definition) is 3. The van der Waals surface area contributed by atoms with Crippen LogP contribution in [-0.4, -0.2) is 36.8 Å². The number of ether oxygens (including phenoxy) is 1. The molecule has 1 heterocycles. The Kier molecular flexibility index (Phi) is 5.54. The summed E-state index contributed by atoms with van der Waals surface area (Å²) in [6.07, 6.45) is 7.22. The Hall–Kier alpha value is -1.84. The molecule has 130 valence electrons. The largest absolute Gasteiger partial charge is 0.497 e. The number of Topliss-reactive ketones (excluding diaryl/α,β-unsaturated/α-hetero) is 1. The second kappa shape index (κ2) is 7.82. The number of nitrogens with zero attached hydrogens (tertiary/aromatic N) is 1. The number of amides is 1. The Morgan fingerprint density at radius 3 is 2.25 bits per heavy atom. The molecule has 0 unspecified atom stereocenters. The normalized spacial score (nSPS) is 19.5. The summed E-state index contributed by atoms with van der Waals surface area (Å²) in [5, 5.41) is 0. The zero-order chi connectivity index (χ0) is 16.9. The smallest absolute Gasteiger partial charge is 0.222 e. The van der Waals surface area contributed by atoms with E-state index in [0.29, 0.717) is 12.3 Å². The van der Waals surface area contributed by atoms with Crippen molar-refractivity contribution >= 4 is 11.7 Å². The van der Waals surface area contributed by atoms with Gasteiger partial charge in [-0.25, -0.2) is 0 Å². The van der Waals surface area contributed by atoms with Crippen LogP contribution in [0.2, 0.25) is 0 Å². The maximum atomic E-state index is 12.6. The molecule has 1 aliphatic heterocycles. The van der Waals surface area contributed by atoms with E-state index in [-0.39, 0.29) is 17.6 Å². The van der Waals surface area contributed by atoms with Crippen LogP contribution in [0.5, 0.6) is 5.75 Å². The summed E-state index contributed by atoms with van der Waals surface area (Å²) in [7, 11) is 1.62. The lowest BCUT2D eigenvalue weighted by atomic mass is 9.88. The highest BCUT2D eigenvalue weighted by Gasteiger charge is 2.29. The Balaban J connectivity index is 1.50. The molecule has 0 radical (unpaired) electrons. The van der Waals surface area contributed by atoms with Gasteiger partial charge in [-0.1, -0.05) is 12.8 Å². The molecule has 2 aliphatic rings. The predicted octanol–water partition coefficient (Wildman–Crippen LogP) is 3.70. The molecule has 3 rings (SSSR count). The first-order chi connectivity index (χ1) is 11.7. The maximum absolute atomic E-state index is 12.6. The van der Waals surface area contributed by atoms with Crippen LogP contribution in [0.4, 0.5) is 0 Å². The fraction of sp³-hybridized carbons (Fsp3) is 0.600. The molecule has 0 aromatic heterocycles. The van der Waals surface area contributed by atoms with Gasteiger partial charge in [-0.3, -0.25) is 9.59 Å². The van der Waals surface area contributed by atoms with Crippen molar-refractivity contribution < 1.29 is 14.3 Å². The van der Waals surface area contributed by atoms with E-state index >= 15 is 0 Å².